The number of nitrogens with two attached hydrogens (primary N) is 1. The predicted octanol–water partition coefficient (Wildman–Crippen LogP) is 0.915. The summed E-state index contributed by atoms with van der Waals surface area (Å²) in [6, 6.07) is 0. The fraction of sp³-hybridized carbons (Fsp3) is 0.125. The van der Waals surface area contributed by atoms with E-state index in [4.69, 9.17) is 5.73 Å². The van der Waals surface area contributed by atoms with Crippen molar-refractivity contribution in [2.24, 2.45) is 0 Å². The Kier molecular flexibility index (Phi) is 1.40. The Balaban J connectivity index is 2.91. The minimum absolute atomic E-state index is 0.643. The molecule has 4 heteroatoms. The largest absolute Gasteiger partial charge is 0.397 e. The van der Waals surface area contributed by atoms with Crippen LogP contribution in [0.25, 0.3) is 11.2 Å². The summed E-state index contributed by atoms with van der Waals surface area (Å²) in [4.78, 5) is 12.2. The fourth-order valence-corrected chi connectivity index (χ4v) is 1.05. The summed E-state index contributed by atoms with van der Waals surface area (Å²) in [7, 11) is 0. The number of anilines is 1. The molecule has 0 saturated carbocycles. The smallest absolute Gasteiger partial charge is 0.178 e. The molecule has 12 heavy (non-hydrogen) atoms. The maximum atomic E-state index is 5.66. The number of hydrogen-bond acceptors (Lipinski definition) is 4. The van der Waals surface area contributed by atoms with Gasteiger partial charge in [-0.2, -0.15) is 0 Å². The van der Waals surface area contributed by atoms with E-state index in [0.717, 1.165) is 11.1 Å². The van der Waals surface area contributed by atoms with Gasteiger partial charge in [-0.3, -0.25) is 4.98 Å². The Labute approximate surface area is 69.5 Å². The molecule has 0 atom stereocenters. The average Bonchev–Trinajstić information content (AvgIpc) is 2.12. The SMILES string of the molecule is Cc1c(N)cnc2nccnc12. The Morgan fingerprint density at radius 2 is 1.92 bits per heavy atom. The summed E-state index contributed by atoms with van der Waals surface area (Å²) in [5.74, 6) is 0. The number of aromatic nitrogens is 3. The topological polar surface area (TPSA) is 64.7 Å². The van der Waals surface area contributed by atoms with E-state index in [-0.39, 0.29) is 0 Å². The molecule has 60 valence electrons. The van der Waals surface area contributed by atoms with E-state index >= 15 is 0 Å². The number of nitrogen functional groups attached to an aromatic ring is 1. The maximum Gasteiger partial charge on any atom is 0.178 e. The molecule has 4 nitrogen and oxygen atoms in total. The number of pyridine rings is 1. The van der Waals surface area contributed by atoms with Gasteiger partial charge in [0.15, 0.2) is 5.65 Å². The van der Waals surface area contributed by atoms with Crippen molar-refractivity contribution in [3.05, 3.63) is 24.2 Å². The average molecular weight is 160 g/mol. The van der Waals surface area contributed by atoms with Gasteiger partial charge in [0.05, 0.1) is 11.9 Å². The van der Waals surface area contributed by atoms with E-state index in [1.807, 2.05) is 6.92 Å². The summed E-state index contributed by atoms with van der Waals surface area (Å²) in [6.45, 7) is 1.91. The van der Waals surface area contributed by atoms with Crippen LogP contribution in [-0.2, 0) is 0 Å². The van der Waals surface area contributed by atoms with Crippen molar-refractivity contribution in [1.82, 2.24) is 15.0 Å². The van der Waals surface area contributed by atoms with Gasteiger partial charge >= 0.3 is 0 Å². The third-order valence-corrected chi connectivity index (χ3v) is 1.79. The molecule has 0 fully saturated rings. The van der Waals surface area contributed by atoms with E-state index in [1.54, 1.807) is 18.6 Å². The molecule has 0 spiro atoms. The van der Waals surface area contributed by atoms with Crippen LogP contribution < -0.4 is 5.73 Å². The molecule has 0 amide bonds. The number of aryl methyl sites for hydroxylation is 1. The summed E-state index contributed by atoms with van der Waals surface area (Å²) < 4.78 is 0. The van der Waals surface area contributed by atoms with Crippen molar-refractivity contribution >= 4 is 16.9 Å². The van der Waals surface area contributed by atoms with E-state index in [2.05, 4.69) is 15.0 Å². The molecule has 2 heterocycles. The highest BCUT2D eigenvalue weighted by molar-refractivity contribution is 5.78. The highest BCUT2D eigenvalue weighted by Crippen LogP contribution is 2.16. The molecule has 0 aliphatic heterocycles. The van der Waals surface area contributed by atoms with Crippen LogP contribution >= 0.6 is 0 Å². The number of hydrogen-bond donors (Lipinski definition) is 1. The van der Waals surface area contributed by atoms with Gasteiger partial charge in [0.2, 0.25) is 0 Å². The summed E-state index contributed by atoms with van der Waals surface area (Å²) in [5.41, 5.74) is 8.67. The lowest BCUT2D eigenvalue weighted by Gasteiger charge is -2.01. The minimum atomic E-state index is 0.643. The van der Waals surface area contributed by atoms with Crippen LogP contribution in [0.1, 0.15) is 5.56 Å². The summed E-state index contributed by atoms with van der Waals surface area (Å²) >= 11 is 0. The van der Waals surface area contributed by atoms with Crippen LogP contribution in [-0.4, -0.2) is 15.0 Å². The second kappa shape index (κ2) is 2.41. The van der Waals surface area contributed by atoms with Gasteiger partial charge < -0.3 is 5.73 Å². The van der Waals surface area contributed by atoms with Crippen LogP contribution in [0.15, 0.2) is 18.6 Å². The molecule has 0 bridgehead atoms. The van der Waals surface area contributed by atoms with Crippen LogP contribution in [0, 0.1) is 6.92 Å². The van der Waals surface area contributed by atoms with Crippen molar-refractivity contribution in [3.8, 4) is 0 Å². The molecule has 0 unspecified atom stereocenters. The lowest BCUT2D eigenvalue weighted by molar-refractivity contribution is 1.21. The highest BCUT2D eigenvalue weighted by atomic mass is 14.9. The molecule has 2 aromatic heterocycles. The lowest BCUT2D eigenvalue weighted by Crippen LogP contribution is -1.95. The number of fused-ring (bicyclic) bond motifs is 1. The molecule has 0 aromatic carbocycles. The Morgan fingerprint density at radius 1 is 1.17 bits per heavy atom. The van der Waals surface area contributed by atoms with E-state index in [9.17, 15) is 0 Å². The van der Waals surface area contributed by atoms with Gasteiger partial charge in [-0.15, -0.1) is 0 Å². The molecule has 0 radical (unpaired) electrons. The summed E-state index contributed by atoms with van der Waals surface area (Å²) in [6.07, 6.45) is 4.85. The first-order valence-electron chi connectivity index (χ1n) is 3.61. The van der Waals surface area contributed by atoms with Gasteiger partial charge in [-0.05, 0) is 6.92 Å². The van der Waals surface area contributed by atoms with Gasteiger partial charge in [0.25, 0.3) is 0 Å². The number of nitrogens with zero attached hydrogens (tertiary/aromatic N) is 3. The third kappa shape index (κ3) is 0.887. The first-order valence-corrected chi connectivity index (χ1v) is 3.61. The highest BCUT2D eigenvalue weighted by Gasteiger charge is 2.02. The molecule has 0 aliphatic carbocycles. The van der Waals surface area contributed by atoms with Crippen molar-refractivity contribution in [2.75, 3.05) is 5.73 Å². The van der Waals surface area contributed by atoms with E-state index < -0.39 is 0 Å². The fourth-order valence-electron chi connectivity index (χ4n) is 1.05. The van der Waals surface area contributed by atoms with E-state index in [1.165, 1.54) is 0 Å². The maximum absolute atomic E-state index is 5.66. The van der Waals surface area contributed by atoms with Crippen molar-refractivity contribution < 1.29 is 0 Å². The molecule has 2 aromatic rings. The standard InChI is InChI=1S/C8H8N4/c1-5-6(9)4-12-8-7(5)10-2-3-11-8/h2-4H,9H2,1H3. The van der Waals surface area contributed by atoms with Crippen LogP contribution in [0.3, 0.4) is 0 Å². The zero-order valence-corrected chi connectivity index (χ0v) is 6.65. The Bertz CT molecular complexity index is 424. The van der Waals surface area contributed by atoms with Gasteiger partial charge in [-0.1, -0.05) is 0 Å². The number of rotatable bonds is 0. The van der Waals surface area contributed by atoms with Crippen molar-refractivity contribution in [1.29, 1.82) is 0 Å². The molecular formula is C8H8N4. The van der Waals surface area contributed by atoms with E-state index in [0.29, 0.717) is 11.3 Å². The molecule has 0 saturated heterocycles. The first kappa shape index (κ1) is 6.97. The minimum Gasteiger partial charge on any atom is -0.397 e. The van der Waals surface area contributed by atoms with Crippen LogP contribution in [0.5, 0.6) is 0 Å². The zero-order chi connectivity index (χ0) is 8.55. The van der Waals surface area contributed by atoms with Gasteiger partial charge in [0, 0.05) is 18.0 Å². The molecule has 2 rings (SSSR count). The van der Waals surface area contributed by atoms with Crippen LogP contribution in [0.2, 0.25) is 0 Å². The zero-order valence-electron chi connectivity index (χ0n) is 6.65. The van der Waals surface area contributed by atoms with Crippen molar-refractivity contribution in [3.63, 3.8) is 0 Å². The monoisotopic (exact) mass is 160 g/mol. The Hall–Kier alpha value is -1.71. The predicted molar refractivity (Wildman–Crippen MR) is 46.5 cm³/mol. The first-order chi connectivity index (χ1) is 5.79. The summed E-state index contributed by atoms with van der Waals surface area (Å²) in [5, 5.41) is 0. The van der Waals surface area contributed by atoms with Gasteiger partial charge in [-0.25, -0.2) is 9.97 Å². The van der Waals surface area contributed by atoms with Crippen molar-refractivity contribution in [2.45, 2.75) is 6.92 Å². The second-order valence-corrected chi connectivity index (χ2v) is 2.57. The second-order valence-electron chi connectivity index (χ2n) is 2.57. The quantitative estimate of drug-likeness (QED) is 0.622. The molecule has 2 N–H and O–H groups in total. The molecule has 0 aliphatic rings. The Morgan fingerprint density at radius 3 is 2.75 bits per heavy atom. The normalized spacial score (nSPS) is 10.4. The van der Waals surface area contributed by atoms with Crippen LogP contribution in [0.4, 0.5) is 5.69 Å². The third-order valence-electron chi connectivity index (χ3n) is 1.79. The lowest BCUT2D eigenvalue weighted by atomic mass is 10.2. The van der Waals surface area contributed by atoms with Gasteiger partial charge in [0.1, 0.15) is 5.52 Å². The molecular weight excluding hydrogens is 152 g/mol.